The van der Waals surface area contributed by atoms with E-state index in [1.54, 1.807) is 26.2 Å². The fourth-order valence-electron chi connectivity index (χ4n) is 3.11. The second-order valence-corrected chi connectivity index (χ2v) is 10.9. The molecule has 2 rings (SSSR count). The van der Waals surface area contributed by atoms with Crippen molar-refractivity contribution in [2.75, 3.05) is 18.4 Å². The van der Waals surface area contributed by atoms with Crippen molar-refractivity contribution in [3.8, 4) is 0 Å². The molecule has 0 saturated carbocycles. The number of hydrogen-bond donors (Lipinski definition) is 2. The van der Waals surface area contributed by atoms with Gasteiger partial charge in [-0.1, -0.05) is 60.5 Å². The van der Waals surface area contributed by atoms with Crippen molar-refractivity contribution in [2.24, 2.45) is 0 Å². The van der Waals surface area contributed by atoms with Crippen LogP contribution in [0.1, 0.15) is 57.9 Å². The van der Waals surface area contributed by atoms with Crippen molar-refractivity contribution in [3.05, 3.63) is 60.4 Å². The Labute approximate surface area is 203 Å². The molecule has 0 bridgehead atoms. The van der Waals surface area contributed by atoms with Crippen LogP contribution < -0.4 is 10.6 Å². The van der Waals surface area contributed by atoms with Gasteiger partial charge >= 0.3 is 0 Å². The Morgan fingerprint density at radius 3 is 2.30 bits per heavy atom. The first-order valence-corrected chi connectivity index (χ1v) is 13.4. The Bertz CT molecular complexity index is 910. The molecule has 0 atom stereocenters. The van der Waals surface area contributed by atoms with Crippen molar-refractivity contribution in [3.63, 3.8) is 0 Å². The Balaban J connectivity index is 1.59. The van der Waals surface area contributed by atoms with E-state index in [0.29, 0.717) is 11.7 Å². The monoisotopic (exact) mass is 492 g/mol. The zero-order valence-corrected chi connectivity index (χ0v) is 21.2. The summed E-state index contributed by atoms with van der Waals surface area (Å²) in [5.41, 5.74) is 1.87. The highest BCUT2D eigenvalue weighted by atomic mass is 32.2. The molecule has 0 fully saturated rings. The summed E-state index contributed by atoms with van der Waals surface area (Å²) < 4.78 is 26.5. The van der Waals surface area contributed by atoms with Crippen molar-refractivity contribution < 1.29 is 13.3 Å². The minimum absolute atomic E-state index is 0.248. The first kappa shape index (κ1) is 27.2. The summed E-state index contributed by atoms with van der Waals surface area (Å²) in [7, 11) is -3.46. The Hall–Kier alpha value is -2.07. The number of anilines is 1. The molecule has 0 unspecified atom stereocenters. The number of pyridine rings is 1. The number of benzene rings is 1. The summed E-state index contributed by atoms with van der Waals surface area (Å²) in [4.78, 5) is 9.67. The first-order chi connectivity index (χ1) is 15.9. The highest BCUT2D eigenvalue weighted by Gasteiger charge is 2.26. The predicted octanol–water partition coefficient (Wildman–Crippen LogP) is 4.88. The summed E-state index contributed by atoms with van der Waals surface area (Å²) in [5, 5.41) is 6.44. The van der Waals surface area contributed by atoms with Crippen LogP contribution in [0, 0.1) is 0 Å². The zero-order valence-electron chi connectivity index (χ0n) is 19.6. The lowest BCUT2D eigenvalue weighted by Crippen LogP contribution is -2.37. The van der Waals surface area contributed by atoms with Crippen LogP contribution in [-0.2, 0) is 21.5 Å². The zero-order chi connectivity index (χ0) is 23.9. The van der Waals surface area contributed by atoms with Gasteiger partial charge in [-0.15, -0.1) is 0 Å². The van der Waals surface area contributed by atoms with Crippen molar-refractivity contribution in [1.29, 1.82) is 0 Å². The second-order valence-electron chi connectivity index (χ2n) is 8.12. The molecular weight excluding hydrogens is 456 g/mol. The van der Waals surface area contributed by atoms with Gasteiger partial charge in [-0.05, 0) is 56.6 Å². The molecule has 0 aliphatic carbocycles. The number of rotatable bonds is 15. The van der Waals surface area contributed by atoms with E-state index in [0.717, 1.165) is 56.3 Å². The molecule has 2 aromatic rings. The highest BCUT2D eigenvalue weighted by Crippen LogP contribution is 2.15. The normalized spacial score (nSPS) is 11.6. The molecule has 2 N–H and O–H groups in total. The molecule has 7 nitrogen and oxygen atoms in total. The molecule has 0 amide bonds. The van der Waals surface area contributed by atoms with E-state index < -0.39 is 15.3 Å². The van der Waals surface area contributed by atoms with Crippen LogP contribution in [0.2, 0.25) is 0 Å². The van der Waals surface area contributed by atoms with E-state index >= 15 is 0 Å². The Kier molecular flexibility index (Phi) is 12.3. The largest absolute Gasteiger partial charge is 0.362 e. The van der Waals surface area contributed by atoms with Gasteiger partial charge < -0.3 is 10.6 Å². The van der Waals surface area contributed by atoms with E-state index in [2.05, 4.69) is 15.6 Å². The van der Waals surface area contributed by atoms with Gasteiger partial charge in [-0.3, -0.25) is 9.82 Å². The van der Waals surface area contributed by atoms with Gasteiger partial charge in [0, 0.05) is 31.2 Å². The van der Waals surface area contributed by atoms with Crippen LogP contribution in [0.25, 0.3) is 0 Å². The minimum Gasteiger partial charge on any atom is -0.362 e. The number of hydrogen-bond acceptors (Lipinski definition) is 5. The SMILES string of the molecule is CC(C)S(=O)(=O)N(CCCCCCCCNC(=S)Nc1ccncc1)OCc1ccccc1. The third-order valence-corrected chi connectivity index (χ3v) is 7.38. The van der Waals surface area contributed by atoms with Gasteiger partial charge in [0.05, 0.1) is 11.9 Å². The molecule has 33 heavy (non-hydrogen) atoms. The quantitative estimate of drug-likeness (QED) is 0.208. The van der Waals surface area contributed by atoms with E-state index in [9.17, 15) is 8.42 Å². The Morgan fingerprint density at radius 1 is 1.00 bits per heavy atom. The molecule has 1 heterocycles. The standard InChI is InChI=1S/C24H36N4O3S2/c1-21(2)33(29,30)28(31-20-22-12-8-7-9-13-22)19-11-6-4-3-5-10-16-26-24(32)27-23-14-17-25-18-15-23/h7-9,12-15,17-18,21H,3-6,10-11,16,19-20H2,1-2H3,(H2,25,26,27,32). The number of nitrogens with one attached hydrogen (secondary N) is 2. The van der Waals surface area contributed by atoms with Crippen molar-refractivity contribution in [1.82, 2.24) is 14.8 Å². The van der Waals surface area contributed by atoms with E-state index in [1.807, 2.05) is 42.5 Å². The fourth-order valence-corrected chi connectivity index (χ4v) is 4.38. The molecule has 0 saturated heterocycles. The van der Waals surface area contributed by atoms with Crippen molar-refractivity contribution in [2.45, 2.75) is 64.2 Å². The molecule has 1 aromatic heterocycles. The maximum atomic E-state index is 12.6. The maximum absolute atomic E-state index is 12.6. The van der Waals surface area contributed by atoms with Gasteiger partial charge in [0.2, 0.25) is 10.0 Å². The topological polar surface area (TPSA) is 83.6 Å². The van der Waals surface area contributed by atoms with Crippen LogP contribution in [0.15, 0.2) is 54.9 Å². The molecule has 9 heteroatoms. The average molecular weight is 493 g/mol. The second kappa shape index (κ2) is 15.0. The number of hydroxylamine groups is 1. The van der Waals surface area contributed by atoms with Gasteiger partial charge in [-0.25, -0.2) is 8.42 Å². The molecule has 0 aliphatic heterocycles. The number of unbranched alkanes of at least 4 members (excludes halogenated alkanes) is 5. The van der Waals surface area contributed by atoms with Crippen LogP contribution in [0.3, 0.4) is 0 Å². The molecular formula is C24H36N4O3S2. The lowest BCUT2D eigenvalue weighted by Gasteiger charge is -2.23. The lowest BCUT2D eigenvalue weighted by molar-refractivity contribution is -0.0973. The summed E-state index contributed by atoms with van der Waals surface area (Å²) in [6.07, 6.45) is 9.49. The van der Waals surface area contributed by atoms with Crippen LogP contribution in [0.5, 0.6) is 0 Å². The summed E-state index contributed by atoms with van der Waals surface area (Å²) in [6, 6.07) is 13.4. The fraction of sp³-hybridized carbons (Fsp3) is 0.500. The smallest absolute Gasteiger partial charge is 0.238 e. The number of thiocarbonyl (C=S) groups is 1. The van der Waals surface area contributed by atoms with E-state index in [-0.39, 0.29) is 6.61 Å². The summed E-state index contributed by atoms with van der Waals surface area (Å²) in [5.74, 6) is 0. The van der Waals surface area contributed by atoms with Gasteiger partial charge in [0.25, 0.3) is 0 Å². The van der Waals surface area contributed by atoms with Crippen molar-refractivity contribution >= 4 is 33.0 Å². The average Bonchev–Trinajstić information content (AvgIpc) is 2.80. The predicted molar refractivity (Wildman–Crippen MR) is 138 cm³/mol. The molecule has 0 radical (unpaired) electrons. The number of aromatic nitrogens is 1. The Morgan fingerprint density at radius 2 is 1.64 bits per heavy atom. The minimum atomic E-state index is -3.46. The molecule has 182 valence electrons. The van der Waals surface area contributed by atoms with Gasteiger partial charge in [0.15, 0.2) is 5.11 Å². The number of sulfonamides is 1. The highest BCUT2D eigenvalue weighted by molar-refractivity contribution is 7.89. The molecule has 0 aliphatic rings. The first-order valence-electron chi connectivity index (χ1n) is 11.5. The number of nitrogens with zero attached hydrogens (tertiary/aromatic N) is 2. The third kappa shape index (κ3) is 10.6. The van der Waals surface area contributed by atoms with Gasteiger partial charge in [0.1, 0.15) is 0 Å². The molecule has 1 aromatic carbocycles. The van der Waals surface area contributed by atoms with E-state index in [1.165, 1.54) is 4.47 Å². The third-order valence-electron chi connectivity index (χ3n) is 5.09. The maximum Gasteiger partial charge on any atom is 0.238 e. The van der Waals surface area contributed by atoms with Crippen LogP contribution >= 0.6 is 12.2 Å². The lowest BCUT2D eigenvalue weighted by atomic mass is 10.1. The summed E-state index contributed by atoms with van der Waals surface area (Å²) >= 11 is 5.29. The van der Waals surface area contributed by atoms with Crippen LogP contribution in [-0.4, -0.2) is 41.3 Å². The van der Waals surface area contributed by atoms with Crippen LogP contribution in [0.4, 0.5) is 5.69 Å². The van der Waals surface area contributed by atoms with Gasteiger partial charge in [-0.2, -0.15) is 0 Å². The van der Waals surface area contributed by atoms with E-state index in [4.69, 9.17) is 17.1 Å². The summed E-state index contributed by atoms with van der Waals surface area (Å²) in [6.45, 7) is 4.81. The molecule has 0 spiro atoms.